The van der Waals surface area contributed by atoms with Gasteiger partial charge in [-0.25, -0.2) is 9.97 Å². The number of rotatable bonds is 6. The molecule has 1 heterocycles. The lowest BCUT2D eigenvalue weighted by Gasteiger charge is -2.22. The Bertz CT molecular complexity index is 653. The lowest BCUT2D eigenvalue weighted by molar-refractivity contribution is 0.217. The van der Waals surface area contributed by atoms with E-state index in [1.54, 1.807) is 0 Å². The van der Waals surface area contributed by atoms with E-state index in [1.807, 2.05) is 24.4 Å². The van der Waals surface area contributed by atoms with Gasteiger partial charge in [0.2, 0.25) is 5.95 Å². The number of anilines is 1. The maximum atomic E-state index is 5.92. The van der Waals surface area contributed by atoms with Crippen LogP contribution in [0.2, 0.25) is 0 Å². The van der Waals surface area contributed by atoms with Crippen molar-refractivity contribution in [1.29, 1.82) is 0 Å². The molecule has 1 aliphatic carbocycles. The van der Waals surface area contributed by atoms with E-state index in [0.29, 0.717) is 6.04 Å². The average molecular weight is 325 g/mol. The summed E-state index contributed by atoms with van der Waals surface area (Å²) < 4.78 is 5.92. The van der Waals surface area contributed by atoms with Crippen LogP contribution in [0.25, 0.3) is 11.3 Å². The molecule has 4 nitrogen and oxygen atoms in total. The van der Waals surface area contributed by atoms with Crippen molar-refractivity contribution in [2.24, 2.45) is 0 Å². The zero-order valence-electron chi connectivity index (χ0n) is 14.7. The van der Waals surface area contributed by atoms with Crippen LogP contribution in [0.4, 0.5) is 5.95 Å². The fraction of sp³-hybridized carbons (Fsp3) is 0.500. The van der Waals surface area contributed by atoms with Gasteiger partial charge in [0.25, 0.3) is 0 Å². The first-order chi connectivity index (χ1) is 11.7. The van der Waals surface area contributed by atoms with Crippen LogP contribution in [0.1, 0.15) is 52.4 Å². The van der Waals surface area contributed by atoms with Gasteiger partial charge in [0, 0.05) is 17.8 Å². The summed E-state index contributed by atoms with van der Waals surface area (Å²) in [5, 5.41) is 3.49. The van der Waals surface area contributed by atoms with Crippen LogP contribution >= 0.6 is 0 Å². The van der Waals surface area contributed by atoms with Gasteiger partial charge in [0.15, 0.2) is 0 Å². The van der Waals surface area contributed by atoms with Crippen molar-refractivity contribution >= 4 is 5.95 Å². The van der Waals surface area contributed by atoms with Gasteiger partial charge >= 0.3 is 0 Å². The van der Waals surface area contributed by atoms with Crippen LogP contribution in [-0.4, -0.2) is 22.1 Å². The van der Waals surface area contributed by atoms with Crippen LogP contribution < -0.4 is 10.1 Å². The minimum absolute atomic E-state index is 0.217. The average Bonchev–Trinajstić information content (AvgIpc) is 2.63. The predicted molar refractivity (Wildman–Crippen MR) is 98.3 cm³/mol. The third-order valence-corrected chi connectivity index (χ3v) is 4.64. The van der Waals surface area contributed by atoms with Crippen molar-refractivity contribution in [1.82, 2.24) is 9.97 Å². The van der Waals surface area contributed by atoms with E-state index in [1.165, 1.54) is 32.1 Å². The normalized spacial score (nSPS) is 16.6. The molecule has 128 valence electrons. The number of ether oxygens (including phenoxy) is 1. The predicted octanol–water partition coefficient (Wildman–Crippen LogP) is 5.07. The van der Waals surface area contributed by atoms with E-state index in [-0.39, 0.29) is 6.10 Å². The molecule has 1 atom stereocenters. The molecule has 0 saturated heterocycles. The third kappa shape index (κ3) is 4.47. The van der Waals surface area contributed by atoms with Crippen LogP contribution in [0.3, 0.4) is 0 Å². The van der Waals surface area contributed by atoms with E-state index >= 15 is 0 Å². The van der Waals surface area contributed by atoms with Crippen molar-refractivity contribution in [3.05, 3.63) is 36.5 Å². The molecule has 0 bridgehead atoms. The summed E-state index contributed by atoms with van der Waals surface area (Å²) in [4.78, 5) is 9.09. The number of hydrogen-bond acceptors (Lipinski definition) is 4. The number of nitrogens with one attached hydrogen (secondary N) is 1. The Hall–Kier alpha value is -2.10. The van der Waals surface area contributed by atoms with E-state index in [9.17, 15) is 0 Å². The SMILES string of the molecule is CCC(C)Oc1cccc(-c2ccnc(NC3CCCCC3)n2)c1. The van der Waals surface area contributed by atoms with Crippen molar-refractivity contribution < 1.29 is 4.74 Å². The van der Waals surface area contributed by atoms with Crippen LogP contribution in [0.5, 0.6) is 5.75 Å². The monoisotopic (exact) mass is 325 g/mol. The van der Waals surface area contributed by atoms with E-state index in [0.717, 1.165) is 29.4 Å². The first-order valence-electron chi connectivity index (χ1n) is 9.11. The third-order valence-electron chi connectivity index (χ3n) is 4.64. The Kier molecular flexibility index (Phi) is 5.68. The Morgan fingerprint density at radius 1 is 1.21 bits per heavy atom. The molecule has 0 radical (unpaired) electrons. The molecule has 1 aromatic heterocycles. The molecule has 4 heteroatoms. The number of hydrogen-bond donors (Lipinski definition) is 1. The zero-order chi connectivity index (χ0) is 16.8. The van der Waals surface area contributed by atoms with Crippen LogP contribution in [-0.2, 0) is 0 Å². The highest BCUT2D eigenvalue weighted by molar-refractivity contribution is 5.62. The first kappa shape index (κ1) is 16.7. The zero-order valence-corrected chi connectivity index (χ0v) is 14.7. The second kappa shape index (κ2) is 8.13. The molecule has 24 heavy (non-hydrogen) atoms. The van der Waals surface area contributed by atoms with Crippen LogP contribution in [0.15, 0.2) is 36.5 Å². The molecule has 1 fully saturated rings. The highest BCUT2D eigenvalue weighted by Gasteiger charge is 2.14. The Labute approximate surface area is 144 Å². The molecule has 1 N–H and O–H groups in total. The molecular weight excluding hydrogens is 298 g/mol. The van der Waals surface area contributed by atoms with Gasteiger partial charge in [-0.1, -0.05) is 38.3 Å². The van der Waals surface area contributed by atoms with Gasteiger partial charge < -0.3 is 10.1 Å². The quantitative estimate of drug-likeness (QED) is 0.806. The molecule has 1 saturated carbocycles. The summed E-state index contributed by atoms with van der Waals surface area (Å²) in [7, 11) is 0. The summed E-state index contributed by atoms with van der Waals surface area (Å²) in [6.07, 6.45) is 9.41. The molecule has 1 aliphatic rings. The summed E-state index contributed by atoms with van der Waals surface area (Å²) in [5.74, 6) is 1.62. The van der Waals surface area contributed by atoms with Gasteiger partial charge in [-0.05, 0) is 44.4 Å². The Morgan fingerprint density at radius 3 is 2.83 bits per heavy atom. The highest BCUT2D eigenvalue weighted by Crippen LogP contribution is 2.25. The lowest BCUT2D eigenvalue weighted by Crippen LogP contribution is -2.23. The number of aromatic nitrogens is 2. The summed E-state index contributed by atoms with van der Waals surface area (Å²) in [6.45, 7) is 4.21. The van der Waals surface area contributed by atoms with Gasteiger partial charge in [0.1, 0.15) is 5.75 Å². The number of nitrogens with zero attached hydrogens (tertiary/aromatic N) is 2. The van der Waals surface area contributed by atoms with Crippen LogP contribution in [0, 0.1) is 0 Å². The van der Waals surface area contributed by atoms with Crippen molar-refractivity contribution in [2.45, 2.75) is 64.5 Å². The fourth-order valence-electron chi connectivity index (χ4n) is 3.06. The molecule has 0 aliphatic heterocycles. The number of benzene rings is 1. The van der Waals surface area contributed by atoms with Gasteiger partial charge in [0.05, 0.1) is 11.8 Å². The Balaban J connectivity index is 1.74. The molecule has 2 aromatic rings. The summed E-state index contributed by atoms with van der Waals surface area (Å²) in [6, 6.07) is 10.6. The summed E-state index contributed by atoms with van der Waals surface area (Å²) in [5.41, 5.74) is 1.99. The van der Waals surface area contributed by atoms with E-state index in [2.05, 4.69) is 36.3 Å². The summed E-state index contributed by atoms with van der Waals surface area (Å²) >= 11 is 0. The maximum Gasteiger partial charge on any atom is 0.223 e. The smallest absolute Gasteiger partial charge is 0.223 e. The largest absolute Gasteiger partial charge is 0.491 e. The van der Waals surface area contributed by atoms with Gasteiger partial charge in [-0.15, -0.1) is 0 Å². The molecule has 1 aromatic carbocycles. The topological polar surface area (TPSA) is 47.0 Å². The second-order valence-electron chi connectivity index (χ2n) is 6.61. The Morgan fingerprint density at radius 2 is 2.04 bits per heavy atom. The van der Waals surface area contributed by atoms with E-state index in [4.69, 9.17) is 9.72 Å². The molecule has 1 unspecified atom stereocenters. The van der Waals surface area contributed by atoms with Gasteiger partial charge in [-0.3, -0.25) is 0 Å². The molecule has 0 amide bonds. The van der Waals surface area contributed by atoms with Crippen molar-refractivity contribution in [2.75, 3.05) is 5.32 Å². The van der Waals surface area contributed by atoms with Crippen molar-refractivity contribution in [3.8, 4) is 17.0 Å². The highest BCUT2D eigenvalue weighted by atomic mass is 16.5. The lowest BCUT2D eigenvalue weighted by atomic mass is 9.96. The molecule has 0 spiro atoms. The molecular formula is C20H27N3O. The van der Waals surface area contributed by atoms with Crippen molar-refractivity contribution in [3.63, 3.8) is 0 Å². The molecule has 3 rings (SSSR count). The standard InChI is InChI=1S/C20H27N3O/c1-3-15(2)24-18-11-7-8-16(14-18)19-12-13-21-20(23-19)22-17-9-5-4-6-10-17/h7-8,11-15,17H,3-6,9-10H2,1-2H3,(H,21,22,23). The first-order valence-corrected chi connectivity index (χ1v) is 9.11. The fourth-order valence-corrected chi connectivity index (χ4v) is 3.06. The second-order valence-corrected chi connectivity index (χ2v) is 6.61. The minimum atomic E-state index is 0.217. The maximum absolute atomic E-state index is 5.92. The minimum Gasteiger partial charge on any atom is -0.491 e. The van der Waals surface area contributed by atoms with E-state index < -0.39 is 0 Å². The van der Waals surface area contributed by atoms with Gasteiger partial charge in [-0.2, -0.15) is 0 Å².